The van der Waals surface area contributed by atoms with Crippen molar-refractivity contribution < 1.29 is 14.6 Å². The number of carboxylic acid groups (broad SMARTS) is 1. The summed E-state index contributed by atoms with van der Waals surface area (Å²) < 4.78 is 6.70. The maximum atomic E-state index is 10.8. The van der Waals surface area contributed by atoms with Crippen molar-refractivity contribution in [3.8, 4) is 5.75 Å². The first-order valence-electron chi connectivity index (χ1n) is 5.82. The first-order valence-corrected chi connectivity index (χ1v) is 6.61. The first kappa shape index (κ1) is 13.6. The molecule has 98 valence electrons. The van der Waals surface area contributed by atoms with Crippen LogP contribution in [-0.4, -0.2) is 11.1 Å². The number of benzene rings is 2. The fraction of sp³-hybridized carbons (Fsp3) is 0.133. The molecule has 19 heavy (non-hydrogen) atoms. The molecule has 0 saturated heterocycles. The zero-order chi connectivity index (χ0) is 13.7. The van der Waals surface area contributed by atoms with Gasteiger partial charge in [-0.15, -0.1) is 0 Å². The lowest BCUT2D eigenvalue weighted by atomic mass is 10.1. The van der Waals surface area contributed by atoms with Gasteiger partial charge in [-0.2, -0.15) is 0 Å². The topological polar surface area (TPSA) is 46.5 Å². The Labute approximate surface area is 120 Å². The molecule has 0 aliphatic rings. The number of carbonyl (C=O) groups is 1. The lowest BCUT2D eigenvalue weighted by molar-refractivity contribution is -0.136. The van der Waals surface area contributed by atoms with Gasteiger partial charge < -0.3 is 9.84 Å². The van der Waals surface area contributed by atoms with Crippen LogP contribution >= 0.6 is 15.9 Å². The van der Waals surface area contributed by atoms with E-state index in [1.807, 2.05) is 36.4 Å². The molecular formula is C15H13BrO3. The van der Waals surface area contributed by atoms with Crippen molar-refractivity contribution in [1.29, 1.82) is 0 Å². The average molecular weight is 321 g/mol. The van der Waals surface area contributed by atoms with Crippen LogP contribution in [0.5, 0.6) is 5.75 Å². The Morgan fingerprint density at radius 2 is 1.79 bits per heavy atom. The minimum atomic E-state index is -0.861. The Morgan fingerprint density at radius 3 is 2.47 bits per heavy atom. The van der Waals surface area contributed by atoms with Gasteiger partial charge in [0.25, 0.3) is 0 Å². The molecule has 1 N–H and O–H groups in total. The molecule has 0 spiro atoms. The monoisotopic (exact) mass is 320 g/mol. The molecule has 4 heteroatoms. The van der Waals surface area contributed by atoms with Gasteiger partial charge in [0.05, 0.1) is 6.42 Å². The van der Waals surface area contributed by atoms with Gasteiger partial charge >= 0.3 is 5.97 Å². The van der Waals surface area contributed by atoms with Crippen molar-refractivity contribution in [3.63, 3.8) is 0 Å². The van der Waals surface area contributed by atoms with Crippen LogP contribution in [0.3, 0.4) is 0 Å². The van der Waals surface area contributed by atoms with Gasteiger partial charge in [-0.25, -0.2) is 0 Å². The second-order valence-electron chi connectivity index (χ2n) is 4.09. The quantitative estimate of drug-likeness (QED) is 0.914. The van der Waals surface area contributed by atoms with Gasteiger partial charge in [-0.05, 0) is 23.8 Å². The summed E-state index contributed by atoms with van der Waals surface area (Å²) in [4.78, 5) is 10.8. The van der Waals surface area contributed by atoms with Crippen LogP contribution in [-0.2, 0) is 17.8 Å². The van der Waals surface area contributed by atoms with Crippen LogP contribution in [0.4, 0.5) is 0 Å². The highest BCUT2D eigenvalue weighted by atomic mass is 79.9. The number of aliphatic carboxylic acids is 1. The molecule has 0 amide bonds. The Balaban J connectivity index is 2.06. The predicted octanol–water partition coefficient (Wildman–Crippen LogP) is 3.66. The number of para-hydroxylation sites is 1. The molecule has 0 aliphatic heterocycles. The van der Waals surface area contributed by atoms with E-state index in [1.165, 1.54) is 0 Å². The second kappa shape index (κ2) is 6.38. The fourth-order valence-electron chi connectivity index (χ4n) is 1.70. The summed E-state index contributed by atoms with van der Waals surface area (Å²) in [7, 11) is 0. The van der Waals surface area contributed by atoms with Crippen molar-refractivity contribution in [2.45, 2.75) is 13.0 Å². The summed E-state index contributed by atoms with van der Waals surface area (Å²) in [6.45, 7) is 0.421. The summed E-state index contributed by atoms with van der Waals surface area (Å²) in [5, 5.41) is 8.85. The number of hydrogen-bond acceptors (Lipinski definition) is 2. The highest BCUT2D eigenvalue weighted by Gasteiger charge is 2.07. The van der Waals surface area contributed by atoms with Gasteiger partial charge in [0.15, 0.2) is 0 Å². The molecule has 0 radical (unpaired) electrons. The maximum absolute atomic E-state index is 10.8. The Bertz CT molecular complexity index is 564. The molecule has 0 heterocycles. The summed E-state index contributed by atoms with van der Waals surface area (Å²) >= 11 is 3.37. The molecule has 2 aromatic rings. The maximum Gasteiger partial charge on any atom is 0.307 e. The van der Waals surface area contributed by atoms with E-state index in [1.54, 1.807) is 12.1 Å². The molecule has 0 aromatic heterocycles. The average Bonchev–Trinajstić information content (AvgIpc) is 2.39. The molecule has 0 unspecified atom stereocenters. The molecule has 0 saturated carbocycles. The minimum Gasteiger partial charge on any atom is -0.489 e. The van der Waals surface area contributed by atoms with Crippen molar-refractivity contribution >= 4 is 21.9 Å². The van der Waals surface area contributed by atoms with Crippen LogP contribution in [0.2, 0.25) is 0 Å². The van der Waals surface area contributed by atoms with Gasteiger partial charge in [0.1, 0.15) is 12.4 Å². The molecule has 0 aliphatic carbocycles. The number of ether oxygens (including phenoxy) is 1. The minimum absolute atomic E-state index is 0.0312. The third-order valence-electron chi connectivity index (χ3n) is 2.62. The van der Waals surface area contributed by atoms with Crippen molar-refractivity contribution in [2.75, 3.05) is 0 Å². The van der Waals surface area contributed by atoms with Crippen LogP contribution in [0.1, 0.15) is 11.1 Å². The number of carboxylic acids is 1. The van der Waals surface area contributed by atoms with E-state index in [-0.39, 0.29) is 6.42 Å². The van der Waals surface area contributed by atoms with Gasteiger partial charge in [-0.1, -0.05) is 46.3 Å². The highest BCUT2D eigenvalue weighted by molar-refractivity contribution is 9.10. The normalized spacial score (nSPS) is 10.2. The third kappa shape index (κ3) is 4.10. The number of halogens is 1. The molecule has 2 rings (SSSR count). The zero-order valence-electron chi connectivity index (χ0n) is 10.2. The molecule has 0 bridgehead atoms. The van der Waals surface area contributed by atoms with Gasteiger partial charge in [-0.3, -0.25) is 4.79 Å². The molecule has 2 aromatic carbocycles. The van der Waals surface area contributed by atoms with Crippen molar-refractivity contribution in [1.82, 2.24) is 0 Å². The molecule has 0 fully saturated rings. The number of rotatable bonds is 5. The van der Waals surface area contributed by atoms with Crippen LogP contribution in [0.15, 0.2) is 53.0 Å². The van der Waals surface area contributed by atoms with Crippen LogP contribution < -0.4 is 4.74 Å². The summed E-state index contributed by atoms with van der Waals surface area (Å²) in [5.74, 6) is -0.243. The summed E-state index contributed by atoms with van der Waals surface area (Å²) in [5.41, 5.74) is 1.72. The lowest BCUT2D eigenvalue weighted by Crippen LogP contribution is -2.04. The van der Waals surface area contributed by atoms with E-state index in [0.29, 0.717) is 17.9 Å². The van der Waals surface area contributed by atoms with Crippen molar-refractivity contribution in [3.05, 3.63) is 64.1 Å². The van der Waals surface area contributed by atoms with E-state index >= 15 is 0 Å². The van der Waals surface area contributed by atoms with Crippen LogP contribution in [0.25, 0.3) is 0 Å². The smallest absolute Gasteiger partial charge is 0.307 e. The Kier molecular flexibility index (Phi) is 4.58. The largest absolute Gasteiger partial charge is 0.489 e. The lowest BCUT2D eigenvalue weighted by Gasteiger charge is -2.10. The molecular weight excluding hydrogens is 308 g/mol. The number of hydrogen-bond donors (Lipinski definition) is 1. The van der Waals surface area contributed by atoms with Crippen LogP contribution in [0, 0.1) is 0 Å². The van der Waals surface area contributed by atoms with Crippen molar-refractivity contribution in [2.24, 2.45) is 0 Å². The molecule has 0 atom stereocenters. The molecule has 3 nitrogen and oxygen atoms in total. The third-order valence-corrected chi connectivity index (χ3v) is 3.15. The SMILES string of the molecule is O=C(O)Cc1ccccc1OCc1ccc(Br)cc1. The Hall–Kier alpha value is -1.81. The fourth-order valence-corrected chi connectivity index (χ4v) is 1.96. The second-order valence-corrected chi connectivity index (χ2v) is 5.01. The van der Waals surface area contributed by atoms with E-state index in [4.69, 9.17) is 9.84 Å². The van der Waals surface area contributed by atoms with E-state index in [0.717, 1.165) is 10.0 Å². The zero-order valence-corrected chi connectivity index (χ0v) is 11.8. The summed E-state index contributed by atoms with van der Waals surface area (Å²) in [6, 6.07) is 15.0. The standard InChI is InChI=1S/C15H13BrO3/c16-13-7-5-11(6-8-13)10-19-14-4-2-1-3-12(14)9-15(17)18/h1-8H,9-10H2,(H,17,18). The summed E-state index contributed by atoms with van der Waals surface area (Å²) in [6.07, 6.45) is -0.0312. The predicted molar refractivity (Wildman–Crippen MR) is 76.3 cm³/mol. The Morgan fingerprint density at radius 1 is 1.11 bits per heavy atom. The van der Waals surface area contributed by atoms with E-state index in [9.17, 15) is 4.79 Å². The van der Waals surface area contributed by atoms with Gasteiger partial charge in [0, 0.05) is 10.0 Å². The van der Waals surface area contributed by atoms with Gasteiger partial charge in [0.2, 0.25) is 0 Å². The van der Waals surface area contributed by atoms with E-state index < -0.39 is 5.97 Å². The van der Waals surface area contributed by atoms with E-state index in [2.05, 4.69) is 15.9 Å². The highest BCUT2D eigenvalue weighted by Crippen LogP contribution is 2.20. The first-order chi connectivity index (χ1) is 9.15.